The van der Waals surface area contributed by atoms with Gasteiger partial charge in [-0.15, -0.1) is 0 Å². The highest BCUT2D eigenvalue weighted by molar-refractivity contribution is 7.89. The lowest BCUT2D eigenvalue weighted by Gasteiger charge is -2.09. The minimum atomic E-state index is -3.62. The van der Waals surface area contributed by atoms with Crippen LogP contribution in [0.1, 0.15) is 12.5 Å². The van der Waals surface area contributed by atoms with E-state index >= 15 is 0 Å². The summed E-state index contributed by atoms with van der Waals surface area (Å²) in [7, 11) is -3.62. The Morgan fingerprint density at radius 1 is 1.44 bits per heavy atom. The van der Waals surface area contributed by atoms with Gasteiger partial charge in [-0.1, -0.05) is 17.7 Å². The average Bonchev–Trinajstić information content (AvgIpc) is 2.35. The number of rotatable bonds is 7. The molecule has 0 bridgehead atoms. The molecule has 0 aliphatic rings. The van der Waals surface area contributed by atoms with Crippen molar-refractivity contribution < 1.29 is 13.2 Å². The number of benzene rings is 1. The Hall–Kier alpha value is -0.660. The lowest BCUT2D eigenvalue weighted by Crippen LogP contribution is -2.27. The smallest absolute Gasteiger partial charge is 0.242 e. The van der Waals surface area contributed by atoms with Crippen LogP contribution in [0.3, 0.4) is 0 Å². The average molecular weight is 293 g/mol. The van der Waals surface area contributed by atoms with Crippen molar-refractivity contribution in [2.45, 2.75) is 18.4 Å². The van der Waals surface area contributed by atoms with Crippen LogP contribution in [0.5, 0.6) is 0 Å². The monoisotopic (exact) mass is 292 g/mol. The number of ether oxygens (including phenoxy) is 1. The fourth-order valence-electron chi connectivity index (χ4n) is 1.35. The SMILES string of the molecule is CCOCCNS(=O)(=O)c1cc(CN)ccc1Cl. The van der Waals surface area contributed by atoms with Crippen molar-refractivity contribution in [2.24, 2.45) is 5.73 Å². The zero-order chi connectivity index (χ0) is 13.6. The van der Waals surface area contributed by atoms with Crippen molar-refractivity contribution in [3.8, 4) is 0 Å². The molecule has 102 valence electrons. The summed E-state index contributed by atoms with van der Waals surface area (Å²) in [5.41, 5.74) is 6.19. The van der Waals surface area contributed by atoms with E-state index in [1.54, 1.807) is 6.07 Å². The Morgan fingerprint density at radius 2 is 2.17 bits per heavy atom. The molecule has 1 aromatic carbocycles. The lowest BCUT2D eigenvalue weighted by atomic mass is 10.2. The maximum Gasteiger partial charge on any atom is 0.242 e. The van der Waals surface area contributed by atoms with E-state index in [1.807, 2.05) is 6.92 Å². The Bertz CT molecular complexity index is 491. The molecule has 0 unspecified atom stereocenters. The van der Waals surface area contributed by atoms with Crippen LogP contribution in [0, 0.1) is 0 Å². The van der Waals surface area contributed by atoms with E-state index in [9.17, 15) is 8.42 Å². The molecule has 0 amide bonds. The maximum absolute atomic E-state index is 12.0. The minimum Gasteiger partial charge on any atom is -0.380 e. The van der Waals surface area contributed by atoms with Crippen molar-refractivity contribution in [1.82, 2.24) is 4.72 Å². The first kappa shape index (κ1) is 15.4. The topological polar surface area (TPSA) is 81.4 Å². The zero-order valence-corrected chi connectivity index (χ0v) is 11.7. The van der Waals surface area contributed by atoms with E-state index in [1.165, 1.54) is 12.1 Å². The van der Waals surface area contributed by atoms with Gasteiger partial charge in [0, 0.05) is 19.7 Å². The van der Waals surface area contributed by atoms with Gasteiger partial charge < -0.3 is 10.5 Å². The van der Waals surface area contributed by atoms with Crippen LogP contribution in [0.15, 0.2) is 23.1 Å². The lowest BCUT2D eigenvalue weighted by molar-refractivity contribution is 0.153. The number of nitrogens with one attached hydrogen (secondary N) is 1. The number of halogens is 1. The minimum absolute atomic E-state index is 0.0450. The van der Waals surface area contributed by atoms with Gasteiger partial charge in [0.15, 0.2) is 0 Å². The summed E-state index contributed by atoms with van der Waals surface area (Å²) in [5, 5.41) is 0.177. The Morgan fingerprint density at radius 3 is 2.78 bits per heavy atom. The molecule has 0 aromatic heterocycles. The van der Waals surface area contributed by atoms with Crippen LogP contribution in [0.2, 0.25) is 5.02 Å². The van der Waals surface area contributed by atoms with Gasteiger partial charge in [0.2, 0.25) is 10.0 Å². The summed E-state index contributed by atoms with van der Waals surface area (Å²) in [4.78, 5) is 0.0450. The highest BCUT2D eigenvalue weighted by Gasteiger charge is 2.17. The predicted molar refractivity (Wildman–Crippen MR) is 71.0 cm³/mol. The fourth-order valence-corrected chi connectivity index (χ4v) is 2.91. The van der Waals surface area contributed by atoms with E-state index in [2.05, 4.69) is 4.72 Å². The second kappa shape index (κ2) is 7.06. The van der Waals surface area contributed by atoms with Gasteiger partial charge in [0.05, 0.1) is 11.6 Å². The summed E-state index contributed by atoms with van der Waals surface area (Å²) in [6.07, 6.45) is 0. The van der Waals surface area contributed by atoms with Crippen LogP contribution < -0.4 is 10.5 Å². The highest BCUT2D eigenvalue weighted by Crippen LogP contribution is 2.22. The van der Waals surface area contributed by atoms with Crippen LogP contribution in [-0.4, -0.2) is 28.2 Å². The van der Waals surface area contributed by atoms with Crippen molar-refractivity contribution in [3.05, 3.63) is 28.8 Å². The normalized spacial score (nSPS) is 11.7. The molecule has 0 saturated heterocycles. The Labute approximate surface area is 112 Å². The molecule has 0 heterocycles. The van der Waals surface area contributed by atoms with Gasteiger partial charge in [-0.3, -0.25) is 0 Å². The molecule has 0 spiro atoms. The molecule has 5 nitrogen and oxygen atoms in total. The molecule has 0 saturated carbocycles. The summed E-state index contributed by atoms with van der Waals surface area (Å²) < 4.78 is 31.5. The van der Waals surface area contributed by atoms with Crippen molar-refractivity contribution in [3.63, 3.8) is 0 Å². The van der Waals surface area contributed by atoms with Crippen molar-refractivity contribution in [2.75, 3.05) is 19.8 Å². The summed E-state index contributed by atoms with van der Waals surface area (Å²) in [6, 6.07) is 4.70. The van der Waals surface area contributed by atoms with E-state index in [-0.39, 0.29) is 23.0 Å². The second-order valence-corrected chi connectivity index (χ2v) is 5.71. The van der Waals surface area contributed by atoms with Gasteiger partial charge in [0.25, 0.3) is 0 Å². The Balaban J connectivity index is 2.83. The van der Waals surface area contributed by atoms with E-state index in [4.69, 9.17) is 22.1 Å². The van der Waals surface area contributed by atoms with Crippen molar-refractivity contribution >= 4 is 21.6 Å². The molecule has 7 heteroatoms. The molecule has 1 aromatic rings. The summed E-state index contributed by atoms with van der Waals surface area (Å²) >= 11 is 5.89. The van der Waals surface area contributed by atoms with Gasteiger partial charge in [-0.25, -0.2) is 13.1 Å². The molecular formula is C11H17ClN2O3S. The predicted octanol–water partition coefficient (Wildman–Crippen LogP) is 1.11. The number of hydrogen-bond donors (Lipinski definition) is 2. The third kappa shape index (κ3) is 4.22. The molecule has 0 radical (unpaired) electrons. The van der Waals surface area contributed by atoms with Gasteiger partial charge in [0.1, 0.15) is 4.90 Å². The van der Waals surface area contributed by atoms with Gasteiger partial charge >= 0.3 is 0 Å². The third-order valence-electron chi connectivity index (χ3n) is 2.26. The first-order valence-electron chi connectivity index (χ1n) is 5.57. The van der Waals surface area contributed by atoms with E-state index < -0.39 is 10.0 Å². The molecule has 0 aliphatic carbocycles. The molecule has 3 N–H and O–H groups in total. The quantitative estimate of drug-likeness (QED) is 0.738. The van der Waals surface area contributed by atoms with Crippen LogP contribution in [-0.2, 0) is 21.3 Å². The number of nitrogens with two attached hydrogens (primary N) is 1. The second-order valence-electron chi connectivity index (χ2n) is 3.56. The van der Waals surface area contributed by atoms with E-state index in [0.29, 0.717) is 18.8 Å². The maximum atomic E-state index is 12.0. The first-order valence-corrected chi connectivity index (χ1v) is 7.43. The fraction of sp³-hybridized carbons (Fsp3) is 0.455. The van der Waals surface area contributed by atoms with Crippen molar-refractivity contribution in [1.29, 1.82) is 0 Å². The standard InChI is InChI=1S/C11H17ClN2O3S/c1-2-17-6-5-14-18(15,16)11-7-9(8-13)3-4-10(11)12/h3-4,7,14H,2,5-6,8,13H2,1H3. The molecule has 0 fully saturated rings. The molecule has 18 heavy (non-hydrogen) atoms. The molecule has 1 rings (SSSR count). The molecule has 0 aliphatic heterocycles. The van der Waals surface area contributed by atoms with E-state index in [0.717, 1.165) is 0 Å². The third-order valence-corrected chi connectivity index (χ3v) is 4.21. The van der Waals surface area contributed by atoms with Gasteiger partial charge in [-0.2, -0.15) is 0 Å². The molecular weight excluding hydrogens is 276 g/mol. The van der Waals surface area contributed by atoms with Crippen LogP contribution in [0.4, 0.5) is 0 Å². The van der Waals surface area contributed by atoms with Crippen LogP contribution >= 0.6 is 11.6 Å². The summed E-state index contributed by atoms with van der Waals surface area (Å²) in [6.45, 7) is 3.18. The number of sulfonamides is 1. The zero-order valence-electron chi connectivity index (χ0n) is 10.1. The first-order chi connectivity index (χ1) is 8.51. The molecule has 0 atom stereocenters. The number of hydrogen-bond acceptors (Lipinski definition) is 4. The van der Waals surface area contributed by atoms with Crippen LogP contribution in [0.25, 0.3) is 0 Å². The summed E-state index contributed by atoms with van der Waals surface area (Å²) in [5.74, 6) is 0. The van der Waals surface area contributed by atoms with Gasteiger partial charge in [-0.05, 0) is 24.6 Å². The Kier molecular flexibility index (Phi) is 6.04. The highest BCUT2D eigenvalue weighted by atomic mass is 35.5. The largest absolute Gasteiger partial charge is 0.380 e.